The van der Waals surface area contributed by atoms with Gasteiger partial charge >= 0.3 is 0 Å². The zero-order valence-corrected chi connectivity index (χ0v) is 14.3. The summed E-state index contributed by atoms with van der Waals surface area (Å²) in [5.74, 6) is 0.383. The molecule has 124 valence electrons. The van der Waals surface area contributed by atoms with Crippen LogP contribution in [0.3, 0.4) is 0 Å². The molecule has 1 fully saturated rings. The van der Waals surface area contributed by atoms with Crippen molar-refractivity contribution in [2.45, 2.75) is 37.5 Å². The average molecular weight is 326 g/mol. The van der Waals surface area contributed by atoms with Crippen LogP contribution in [0.1, 0.15) is 31.2 Å². The molecule has 1 aromatic carbocycles. The van der Waals surface area contributed by atoms with E-state index in [1.807, 2.05) is 13.0 Å². The first-order valence-corrected chi connectivity index (χ1v) is 9.38. The number of methoxy groups -OCH3 is 1. The van der Waals surface area contributed by atoms with E-state index in [1.165, 1.54) is 26.4 Å². The number of likely N-dealkylation sites (tertiary alicyclic amines) is 1. The van der Waals surface area contributed by atoms with Gasteiger partial charge in [0.25, 0.3) is 0 Å². The van der Waals surface area contributed by atoms with Gasteiger partial charge in [-0.25, -0.2) is 13.1 Å². The Bertz CT molecular complexity index is 581. The summed E-state index contributed by atoms with van der Waals surface area (Å²) >= 11 is 0. The van der Waals surface area contributed by atoms with Gasteiger partial charge in [-0.2, -0.15) is 0 Å². The van der Waals surface area contributed by atoms with Crippen molar-refractivity contribution < 1.29 is 13.2 Å². The SMILES string of the molecule is COc1ccc(C)cc1S(=O)(=O)NCCCN1CCCCC1. The van der Waals surface area contributed by atoms with E-state index in [0.29, 0.717) is 12.3 Å². The molecule has 1 aliphatic heterocycles. The van der Waals surface area contributed by atoms with Gasteiger partial charge < -0.3 is 9.64 Å². The lowest BCUT2D eigenvalue weighted by Crippen LogP contribution is -2.33. The molecule has 1 aliphatic rings. The third-order valence-corrected chi connectivity index (χ3v) is 5.48. The van der Waals surface area contributed by atoms with Crippen molar-refractivity contribution in [2.24, 2.45) is 0 Å². The summed E-state index contributed by atoms with van der Waals surface area (Å²) in [6.07, 6.45) is 4.65. The molecule has 1 aromatic rings. The van der Waals surface area contributed by atoms with Crippen molar-refractivity contribution >= 4 is 10.0 Å². The van der Waals surface area contributed by atoms with Crippen molar-refractivity contribution in [1.82, 2.24) is 9.62 Å². The van der Waals surface area contributed by atoms with Gasteiger partial charge in [-0.05, 0) is 63.5 Å². The predicted octanol–water partition coefficient (Wildman–Crippen LogP) is 2.16. The minimum absolute atomic E-state index is 0.216. The first kappa shape index (κ1) is 17.2. The third kappa shape index (κ3) is 4.69. The minimum Gasteiger partial charge on any atom is -0.495 e. The van der Waals surface area contributed by atoms with E-state index >= 15 is 0 Å². The maximum Gasteiger partial charge on any atom is 0.244 e. The lowest BCUT2D eigenvalue weighted by Gasteiger charge is -2.26. The standard InChI is InChI=1S/C16H26N2O3S/c1-14-7-8-15(21-2)16(13-14)22(19,20)17-9-6-12-18-10-4-3-5-11-18/h7-8,13,17H,3-6,9-12H2,1-2H3. The summed E-state index contributed by atoms with van der Waals surface area (Å²) in [6, 6.07) is 5.18. The molecule has 5 nitrogen and oxygen atoms in total. The summed E-state index contributed by atoms with van der Waals surface area (Å²) < 4.78 is 32.7. The van der Waals surface area contributed by atoms with Gasteiger partial charge in [-0.3, -0.25) is 0 Å². The Labute approximate surface area is 133 Å². The van der Waals surface area contributed by atoms with E-state index < -0.39 is 10.0 Å². The van der Waals surface area contributed by atoms with E-state index in [0.717, 1.165) is 31.6 Å². The van der Waals surface area contributed by atoms with Crippen molar-refractivity contribution in [2.75, 3.05) is 33.3 Å². The summed E-state index contributed by atoms with van der Waals surface area (Å²) in [5.41, 5.74) is 0.898. The highest BCUT2D eigenvalue weighted by atomic mass is 32.2. The van der Waals surface area contributed by atoms with Gasteiger partial charge in [0.1, 0.15) is 10.6 Å². The first-order chi connectivity index (χ1) is 10.5. The second-order valence-corrected chi connectivity index (χ2v) is 7.54. The molecule has 0 radical (unpaired) electrons. The third-order valence-electron chi connectivity index (χ3n) is 4.00. The number of nitrogens with one attached hydrogen (secondary N) is 1. The minimum atomic E-state index is -3.52. The molecule has 6 heteroatoms. The summed E-state index contributed by atoms with van der Waals surface area (Å²) in [4.78, 5) is 2.62. The largest absolute Gasteiger partial charge is 0.495 e. The molecule has 0 unspecified atom stereocenters. The molecule has 1 saturated heterocycles. The lowest BCUT2D eigenvalue weighted by molar-refractivity contribution is 0.227. The summed E-state index contributed by atoms with van der Waals surface area (Å²) in [7, 11) is -2.04. The second kappa shape index (κ2) is 7.94. The highest BCUT2D eigenvalue weighted by Gasteiger charge is 2.19. The number of hydrogen-bond acceptors (Lipinski definition) is 4. The van der Waals surface area contributed by atoms with Crippen molar-refractivity contribution in [3.8, 4) is 5.75 Å². The van der Waals surface area contributed by atoms with Crippen molar-refractivity contribution in [3.63, 3.8) is 0 Å². The molecule has 0 aromatic heterocycles. The zero-order chi connectivity index (χ0) is 16.0. The Hall–Kier alpha value is -1.11. The van der Waals surface area contributed by atoms with Gasteiger partial charge in [0.15, 0.2) is 0 Å². The number of sulfonamides is 1. The van der Waals surface area contributed by atoms with Crippen LogP contribution in [0.5, 0.6) is 5.75 Å². The number of hydrogen-bond donors (Lipinski definition) is 1. The first-order valence-electron chi connectivity index (χ1n) is 7.89. The van der Waals surface area contributed by atoms with E-state index in [-0.39, 0.29) is 4.90 Å². The molecule has 0 amide bonds. The molecule has 0 aliphatic carbocycles. The highest BCUT2D eigenvalue weighted by Crippen LogP contribution is 2.24. The number of ether oxygens (including phenoxy) is 1. The molecular weight excluding hydrogens is 300 g/mol. The van der Waals surface area contributed by atoms with E-state index in [9.17, 15) is 8.42 Å². The van der Waals surface area contributed by atoms with E-state index in [4.69, 9.17) is 4.74 Å². The number of benzene rings is 1. The van der Waals surface area contributed by atoms with Crippen molar-refractivity contribution in [1.29, 1.82) is 0 Å². The normalized spacial score (nSPS) is 16.6. The summed E-state index contributed by atoms with van der Waals surface area (Å²) in [6.45, 7) is 5.55. The van der Waals surface area contributed by atoms with Crippen LogP contribution in [0, 0.1) is 6.92 Å². The quantitative estimate of drug-likeness (QED) is 0.780. The zero-order valence-electron chi connectivity index (χ0n) is 13.5. The van der Waals surface area contributed by atoms with Crippen LogP contribution in [0.2, 0.25) is 0 Å². The smallest absolute Gasteiger partial charge is 0.244 e. The number of aryl methyl sites for hydroxylation is 1. The maximum absolute atomic E-state index is 12.4. The molecule has 0 bridgehead atoms. The predicted molar refractivity (Wildman–Crippen MR) is 87.8 cm³/mol. The van der Waals surface area contributed by atoms with Crippen LogP contribution in [0.25, 0.3) is 0 Å². The number of piperidine rings is 1. The molecule has 2 rings (SSSR count). The second-order valence-electron chi connectivity index (χ2n) is 5.81. The van der Waals surface area contributed by atoms with Gasteiger partial charge in [0.05, 0.1) is 7.11 Å². The molecule has 22 heavy (non-hydrogen) atoms. The fourth-order valence-electron chi connectivity index (χ4n) is 2.76. The van der Waals surface area contributed by atoms with Crippen LogP contribution >= 0.6 is 0 Å². The van der Waals surface area contributed by atoms with Gasteiger partial charge in [-0.15, -0.1) is 0 Å². The fourth-order valence-corrected chi connectivity index (χ4v) is 4.09. The number of nitrogens with zero attached hydrogens (tertiary/aromatic N) is 1. The van der Waals surface area contributed by atoms with Crippen LogP contribution < -0.4 is 9.46 Å². The molecule has 1 N–H and O–H groups in total. The highest BCUT2D eigenvalue weighted by molar-refractivity contribution is 7.89. The molecule has 0 spiro atoms. The number of rotatable bonds is 7. The van der Waals surface area contributed by atoms with E-state index in [2.05, 4.69) is 9.62 Å². The molecule has 0 saturated carbocycles. The lowest BCUT2D eigenvalue weighted by atomic mass is 10.1. The Morgan fingerprint density at radius 3 is 2.64 bits per heavy atom. The van der Waals surface area contributed by atoms with Gasteiger partial charge in [0, 0.05) is 6.54 Å². The average Bonchev–Trinajstić information content (AvgIpc) is 2.52. The van der Waals surface area contributed by atoms with Crippen LogP contribution in [-0.2, 0) is 10.0 Å². The molecular formula is C16H26N2O3S. The van der Waals surface area contributed by atoms with Crippen LogP contribution in [0.15, 0.2) is 23.1 Å². The van der Waals surface area contributed by atoms with Crippen molar-refractivity contribution in [3.05, 3.63) is 23.8 Å². The molecule has 1 heterocycles. The Morgan fingerprint density at radius 1 is 1.23 bits per heavy atom. The Morgan fingerprint density at radius 2 is 1.95 bits per heavy atom. The van der Waals surface area contributed by atoms with Gasteiger partial charge in [-0.1, -0.05) is 12.5 Å². The maximum atomic E-state index is 12.4. The monoisotopic (exact) mass is 326 g/mol. The molecule has 0 atom stereocenters. The summed E-state index contributed by atoms with van der Waals surface area (Å²) in [5, 5.41) is 0. The van der Waals surface area contributed by atoms with Gasteiger partial charge in [0.2, 0.25) is 10.0 Å². The van der Waals surface area contributed by atoms with Crippen LogP contribution in [0.4, 0.5) is 0 Å². The Balaban J connectivity index is 1.89. The Kier molecular flexibility index (Phi) is 6.23. The topological polar surface area (TPSA) is 58.6 Å². The fraction of sp³-hybridized carbons (Fsp3) is 0.625. The van der Waals surface area contributed by atoms with E-state index in [1.54, 1.807) is 12.1 Å². The van der Waals surface area contributed by atoms with Crippen LogP contribution in [-0.4, -0.2) is 46.6 Å².